The van der Waals surface area contributed by atoms with E-state index >= 15 is 0 Å². The summed E-state index contributed by atoms with van der Waals surface area (Å²) in [5.74, 6) is 0.103. The molecule has 0 fully saturated rings. The number of carbonyl (C=O) groups excluding carboxylic acids is 1. The molecule has 1 unspecified atom stereocenters. The van der Waals surface area contributed by atoms with Gasteiger partial charge in [-0.25, -0.2) is 4.98 Å². The molecule has 3 heterocycles. The third kappa shape index (κ3) is 2.60. The number of hydrogen-bond acceptors (Lipinski definition) is 4. The molecule has 114 valence electrons. The molecule has 0 saturated heterocycles. The molecule has 3 aromatic heterocycles. The number of carbonyl (C=O) groups is 1. The van der Waals surface area contributed by atoms with Crippen LogP contribution in [0.15, 0.2) is 47.3 Å². The fourth-order valence-corrected chi connectivity index (χ4v) is 2.27. The van der Waals surface area contributed by atoms with E-state index in [-0.39, 0.29) is 12.5 Å². The zero-order chi connectivity index (χ0) is 15.7. The van der Waals surface area contributed by atoms with Crippen molar-refractivity contribution in [1.29, 1.82) is 0 Å². The minimum atomic E-state index is -1.27. The van der Waals surface area contributed by atoms with Gasteiger partial charge >= 0.3 is 0 Å². The van der Waals surface area contributed by atoms with Crippen LogP contribution in [-0.4, -0.2) is 26.9 Å². The van der Waals surface area contributed by atoms with Gasteiger partial charge < -0.3 is 14.8 Å². The second kappa shape index (κ2) is 5.31. The normalized spacial score (nSPS) is 14.0. The van der Waals surface area contributed by atoms with Crippen molar-refractivity contribution < 1.29 is 14.3 Å². The molecule has 3 rings (SSSR count). The molecule has 0 aliphatic rings. The number of furan rings is 1. The Morgan fingerprint density at radius 2 is 2.27 bits per heavy atom. The van der Waals surface area contributed by atoms with E-state index in [0.29, 0.717) is 17.1 Å². The van der Waals surface area contributed by atoms with Gasteiger partial charge in [0.25, 0.3) is 5.91 Å². The molecule has 0 spiro atoms. The van der Waals surface area contributed by atoms with Crippen LogP contribution in [0, 0.1) is 6.92 Å². The van der Waals surface area contributed by atoms with Gasteiger partial charge in [-0.05, 0) is 37.6 Å². The van der Waals surface area contributed by atoms with Gasteiger partial charge in [0.1, 0.15) is 22.7 Å². The van der Waals surface area contributed by atoms with Crippen LogP contribution < -0.4 is 5.32 Å². The standard InChI is InChI=1S/C16H17N3O3/c1-11-5-6-14-17-8-12(19(14)9-11)15(20)18-10-16(2,21)13-4-3-7-22-13/h3-9,21H,10H2,1-2H3,(H,18,20). The molecule has 1 amide bonds. The van der Waals surface area contributed by atoms with Crippen LogP contribution in [0.1, 0.15) is 28.7 Å². The maximum Gasteiger partial charge on any atom is 0.270 e. The molecule has 3 aromatic rings. The van der Waals surface area contributed by atoms with Crippen LogP contribution in [0.25, 0.3) is 5.65 Å². The van der Waals surface area contributed by atoms with Crippen LogP contribution in [0.5, 0.6) is 0 Å². The van der Waals surface area contributed by atoms with Crippen molar-refractivity contribution in [3.63, 3.8) is 0 Å². The molecule has 1 atom stereocenters. The first kappa shape index (κ1) is 14.3. The first-order valence-corrected chi connectivity index (χ1v) is 6.96. The van der Waals surface area contributed by atoms with Crippen LogP contribution >= 0.6 is 0 Å². The van der Waals surface area contributed by atoms with Crippen LogP contribution in [-0.2, 0) is 5.60 Å². The monoisotopic (exact) mass is 299 g/mol. The highest BCUT2D eigenvalue weighted by Gasteiger charge is 2.27. The van der Waals surface area contributed by atoms with Crippen LogP contribution in [0.2, 0.25) is 0 Å². The molecule has 2 N–H and O–H groups in total. The van der Waals surface area contributed by atoms with Gasteiger partial charge in [0, 0.05) is 6.20 Å². The highest BCUT2D eigenvalue weighted by Crippen LogP contribution is 2.20. The van der Waals surface area contributed by atoms with E-state index in [9.17, 15) is 9.90 Å². The number of aryl methyl sites for hydroxylation is 1. The van der Waals surface area contributed by atoms with Gasteiger partial charge in [0.05, 0.1) is 19.0 Å². The number of nitrogens with one attached hydrogen (secondary N) is 1. The molecule has 0 radical (unpaired) electrons. The lowest BCUT2D eigenvalue weighted by Crippen LogP contribution is -2.38. The average Bonchev–Trinajstić information content (AvgIpc) is 3.14. The van der Waals surface area contributed by atoms with E-state index in [0.717, 1.165) is 5.56 Å². The largest absolute Gasteiger partial charge is 0.466 e. The molecule has 0 aliphatic carbocycles. The van der Waals surface area contributed by atoms with Gasteiger partial charge in [-0.15, -0.1) is 0 Å². The number of pyridine rings is 1. The SMILES string of the molecule is Cc1ccc2ncc(C(=O)NCC(C)(O)c3ccco3)n2c1. The van der Waals surface area contributed by atoms with E-state index in [2.05, 4.69) is 10.3 Å². The predicted octanol–water partition coefficient (Wildman–Crippen LogP) is 1.87. The maximum atomic E-state index is 12.3. The molecule has 6 nitrogen and oxygen atoms in total. The average molecular weight is 299 g/mol. The van der Waals surface area contributed by atoms with Gasteiger partial charge in [-0.2, -0.15) is 0 Å². The van der Waals surface area contributed by atoms with E-state index in [1.807, 2.05) is 25.3 Å². The van der Waals surface area contributed by atoms with E-state index in [1.54, 1.807) is 23.5 Å². The highest BCUT2D eigenvalue weighted by molar-refractivity contribution is 5.93. The number of rotatable bonds is 4. The van der Waals surface area contributed by atoms with Gasteiger partial charge in [0.15, 0.2) is 0 Å². The smallest absolute Gasteiger partial charge is 0.270 e. The summed E-state index contributed by atoms with van der Waals surface area (Å²) in [6.07, 6.45) is 4.85. The first-order chi connectivity index (χ1) is 10.5. The number of fused-ring (bicyclic) bond motifs is 1. The molecule has 0 aliphatic heterocycles. The molecule has 0 bridgehead atoms. The summed E-state index contributed by atoms with van der Waals surface area (Å²) in [4.78, 5) is 16.5. The summed E-state index contributed by atoms with van der Waals surface area (Å²) in [7, 11) is 0. The van der Waals surface area contributed by atoms with Gasteiger partial charge in [-0.3, -0.25) is 9.20 Å². The Morgan fingerprint density at radius 3 is 3.00 bits per heavy atom. The van der Waals surface area contributed by atoms with E-state index in [4.69, 9.17) is 4.42 Å². The number of hydrogen-bond donors (Lipinski definition) is 2. The van der Waals surface area contributed by atoms with E-state index < -0.39 is 5.60 Å². The topological polar surface area (TPSA) is 79.8 Å². The Labute approximate surface area is 127 Å². The Balaban J connectivity index is 1.78. The Hall–Kier alpha value is -2.60. The van der Waals surface area contributed by atoms with Gasteiger partial charge in [-0.1, -0.05) is 6.07 Å². The molecule has 6 heteroatoms. The summed E-state index contributed by atoms with van der Waals surface area (Å²) >= 11 is 0. The zero-order valence-electron chi connectivity index (χ0n) is 12.4. The summed E-state index contributed by atoms with van der Waals surface area (Å²) in [5.41, 5.74) is 0.889. The van der Waals surface area contributed by atoms with Crippen molar-refractivity contribution >= 4 is 11.6 Å². The van der Waals surface area contributed by atoms with Crippen molar-refractivity contribution in [3.8, 4) is 0 Å². The van der Waals surface area contributed by atoms with E-state index in [1.165, 1.54) is 12.5 Å². The Bertz CT molecular complexity index is 803. The molecule has 0 saturated carbocycles. The molecule has 22 heavy (non-hydrogen) atoms. The van der Waals surface area contributed by atoms with Gasteiger partial charge in [0.2, 0.25) is 0 Å². The fraction of sp³-hybridized carbons (Fsp3) is 0.250. The van der Waals surface area contributed by atoms with Crippen molar-refractivity contribution in [2.45, 2.75) is 19.4 Å². The predicted molar refractivity (Wildman–Crippen MR) is 80.5 cm³/mol. The van der Waals surface area contributed by atoms with Crippen molar-refractivity contribution in [2.75, 3.05) is 6.54 Å². The highest BCUT2D eigenvalue weighted by atomic mass is 16.4. The third-order valence-corrected chi connectivity index (χ3v) is 3.53. The summed E-state index contributed by atoms with van der Waals surface area (Å²) in [6, 6.07) is 7.15. The Morgan fingerprint density at radius 1 is 1.45 bits per heavy atom. The molecule has 0 aromatic carbocycles. The summed E-state index contributed by atoms with van der Waals surface area (Å²) in [5, 5.41) is 13.1. The second-order valence-electron chi connectivity index (χ2n) is 5.51. The number of imidazole rings is 1. The number of aromatic nitrogens is 2. The quantitative estimate of drug-likeness (QED) is 0.771. The van der Waals surface area contributed by atoms with Crippen molar-refractivity contribution in [3.05, 3.63) is 59.9 Å². The number of nitrogens with zero attached hydrogens (tertiary/aromatic N) is 2. The molecular weight excluding hydrogens is 282 g/mol. The first-order valence-electron chi connectivity index (χ1n) is 6.96. The van der Waals surface area contributed by atoms with Crippen molar-refractivity contribution in [2.24, 2.45) is 0 Å². The molecular formula is C16H17N3O3. The van der Waals surface area contributed by atoms with Crippen LogP contribution in [0.4, 0.5) is 0 Å². The maximum absolute atomic E-state index is 12.3. The minimum Gasteiger partial charge on any atom is -0.466 e. The Kier molecular flexibility index (Phi) is 3.46. The van der Waals surface area contributed by atoms with Crippen LogP contribution in [0.3, 0.4) is 0 Å². The van der Waals surface area contributed by atoms with Crippen molar-refractivity contribution in [1.82, 2.24) is 14.7 Å². The number of aliphatic hydroxyl groups is 1. The lowest BCUT2D eigenvalue weighted by Gasteiger charge is -2.21. The lowest BCUT2D eigenvalue weighted by molar-refractivity contribution is 0.0329. The third-order valence-electron chi connectivity index (χ3n) is 3.53. The lowest BCUT2D eigenvalue weighted by atomic mass is 10.0. The zero-order valence-corrected chi connectivity index (χ0v) is 12.4. The summed E-state index contributed by atoms with van der Waals surface area (Å²) in [6.45, 7) is 3.58. The summed E-state index contributed by atoms with van der Waals surface area (Å²) < 4.78 is 6.92. The number of amides is 1. The minimum absolute atomic E-state index is 0.0401. The second-order valence-corrected chi connectivity index (χ2v) is 5.51. The fourth-order valence-electron chi connectivity index (χ4n) is 2.27.